The molecule has 0 saturated carbocycles. The second-order valence-electron chi connectivity index (χ2n) is 5.51. The van der Waals surface area contributed by atoms with Crippen molar-refractivity contribution in [3.8, 4) is 11.1 Å². The van der Waals surface area contributed by atoms with Crippen molar-refractivity contribution in [3.63, 3.8) is 0 Å². The fraction of sp³-hybridized carbons (Fsp3) is 0.200. The molecule has 2 aromatic rings. The second kappa shape index (κ2) is 7.66. The number of hydrogen-bond acceptors (Lipinski definition) is 5. The van der Waals surface area contributed by atoms with E-state index in [-0.39, 0.29) is 5.70 Å². The Morgan fingerprint density at radius 2 is 1.65 bits per heavy atom. The van der Waals surface area contributed by atoms with E-state index in [9.17, 15) is 9.59 Å². The van der Waals surface area contributed by atoms with E-state index in [4.69, 9.17) is 9.47 Å². The highest BCUT2D eigenvalue weighted by atomic mass is 32.2. The lowest BCUT2D eigenvalue weighted by Crippen LogP contribution is -2.38. The topological polar surface area (TPSA) is 55.8 Å². The van der Waals surface area contributed by atoms with Crippen molar-refractivity contribution in [3.05, 3.63) is 60.3 Å². The van der Waals surface area contributed by atoms with Crippen LogP contribution >= 0.6 is 0 Å². The molecule has 0 saturated heterocycles. The molecule has 0 bridgehead atoms. The first-order valence-corrected chi connectivity index (χ1v) is 9.55. The normalized spacial score (nSPS) is 15.7. The van der Waals surface area contributed by atoms with Crippen molar-refractivity contribution < 1.29 is 19.1 Å². The maximum Gasteiger partial charge on any atom is 0.359 e. The molecule has 1 atom stereocenters. The van der Waals surface area contributed by atoms with E-state index in [0.29, 0.717) is 0 Å². The molecular weight excluding hydrogens is 350 g/mol. The number of carbonyl (C=O) groups is 2. The first-order chi connectivity index (χ1) is 12.6. The third-order valence-corrected chi connectivity index (χ3v) is 6.36. The highest BCUT2D eigenvalue weighted by molar-refractivity contribution is 7.98. The molecule has 6 heteroatoms. The fourth-order valence-electron chi connectivity index (χ4n) is 3.00. The SMILES string of the molecule is CC[S+]1c2ccccc2-c2ccccc2N1/C(=C/C(=O)OC)C(=O)OC. The Labute approximate surface area is 155 Å². The summed E-state index contributed by atoms with van der Waals surface area (Å²) in [4.78, 5) is 25.6. The van der Waals surface area contributed by atoms with E-state index in [2.05, 4.69) is 19.1 Å². The van der Waals surface area contributed by atoms with Crippen molar-refractivity contribution in [1.29, 1.82) is 0 Å². The number of fused-ring (bicyclic) bond motifs is 3. The lowest BCUT2D eigenvalue weighted by atomic mass is 10.0. The predicted octanol–water partition coefficient (Wildman–Crippen LogP) is 3.32. The zero-order valence-corrected chi connectivity index (χ0v) is 15.7. The van der Waals surface area contributed by atoms with Gasteiger partial charge in [-0.15, -0.1) is 4.31 Å². The zero-order chi connectivity index (χ0) is 18.7. The minimum absolute atomic E-state index is 0.173. The van der Waals surface area contributed by atoms with Gasteiger partial charge < -0.3 is 9.47 Å². The van der Waals surface area contributed by atoms with Gasteiger partial charge in [0, 0.05) is 11.1 Å². The van der Waals surface area contributed by atoms with Crippen LogP contribution in [0.3, 0.4) is 0 Å². The Bertz CT molecular complexity index is 878. The Balaban J connectivity index is 2.26. The van der Waals surface area contributed by atoms with Crippen LogP contribution in [0.5, 0.6) is 0 Å². The molecule has 1 aliphatic heterocycles. The summed E-state index contributed by atoms with van der Waals surface area (Å²) < 4.78 is 11.6. The summed E-state index contributed by atoms with van der Waals surface area (Å²) >= 11 is -0.440. The Morgan fingerprint density at radius 3 is 2.31 bits per heavy atom. The Kier molecular flexibility index (Phi) is 5.32. The molecular formula is C20H20NO4S+. The van der Waals surface area contributed by atoms with Crippen molar-refractivity contribution in [1.82, 2.24) is 0 Å². The number of carbonyl (C=O) groups excluding carboxylic acids is 2. The minimum Gasteiger partial charge on any atom is -0.466 e. The van der Waals surface area contributed by atoms with Crippen molar-refractivity contribution in [2.75, 3.05) is 24.3 Å². The highest BCUT2D eigenvalue weighted by Crippen LogP contribution is 2.45. The van der Waals surface area contributed by atoms with Gasteiger partial charge in [-0.1, -0.05) is 30.3 Å². The molecule has 0 N–H and O–H groups in total. The molecule has 0 amide bonds. The number of para-hydroxylation sites is 1. The summed E-state index contributed by atoms with van der Waals surface area (Å²) in [5.41, 5.74) is 3.20. The molecule has 0 aliphatic carbocycles. The van der Waals surface area contributed by atoms with E-state index in [0.717, 1.165) is 27.5 Å². The average Bonchev–Trinajstić information content (AvgIpc) is 2.70. The molecule has 0 spiro atoms. The summed E-state index contributed by atoms with van der Waals surface area (Å²) in [7, 11) is 2.59. The quantitative estimate of drug-likeness (QED) is 0.469. The molecule has 134 valence electrons. The van der Waals surface area contributed by atoms with Crippen LogP contribution in [0.1, 0.15) is 6.92 Å². The van der Waals surface area contributed by atoms with E-state index in [1.165, 1.54) is 20.3 Å². The third kappa shape index (κ3) is 3.08. The zero-order valence-electron chi connectivity index (χ0n) is 14.9. The highest BCUT2D eigenvalue weighted by Gasteiger charge is 2.43. The summed E-state index contributed by atoms with van der Waals surface area (Å²) in [5, 5.41) is 0. The van der Waals surface area contributed by atoms with Gasteiger partial charge in [0.2, 0.25) is 0 Å². The number of esters is 2. The van der Waals surface area contributed by atoms with Crippen LogP contribution in [0, 0.1) is 0 Å². The van der Waals surface area contributed by atoms with Gasteiger partial charge in [0.1, 0.15) is 16.8 Å². The van der Waals surface area contributed by atoms with Crippen LogP contribution in [0.25, 0.3) is 11.1 Å². The van der Waals surface area contributed by atoms with Crippen molar-refractivity contribution in [2.45, 2.75) is 11.8 Å². The minimum atomic E-state index is -0.596. The molecule has 3 rings (SSSR count). The van der Waals surface area contributed by atoms with Gasteiger partial charge in [-0.2, -0.15) is 0 Å². The van der Waals surface area contributed by atoms with E-state index >= 15 is 0 Å². The lowest BCUT2D eigenvalue weighted by Gasteiger charge is -2.30. The maximum absolute atomic E-state index is 12.5. The summed E-state index contributed by atoms with van der Waals surface area (Å²) in [5.74, 6) is -0.391. The van der Waals surface area contributed by atoms with E-state index in [1.807, 2.05) is 40.7 Å². The molecule has 0 aromatic heterocycles. The van der Waals surface area contributed by atoms with Gasteiger partial charge in [0.15, 0.2) is 10.6 Å². The molecule has 26 heavy (non-hydrogen) atoms. The van der Waals surface area contributed by atoms with Crippen LogP contribution in [0.4, 0.5) is 5.69 Å². The number of benzene rings is 2. The summed E-state index contributed by atoms with van der Waals surface area (Å²) in [6.07, 6.45) is 1.20. The summed E-state index contributed by atoms with van der Waals surface area (Å²) in [6.45, 7) is 2.06. The molecule has 0 radical (unpaired) electrons. The third-order valence-electron chi connectivity index (χ3n) is 4.12. The standard InChI is InChI=1S/C20H20NO4S/c1-4-26-18-12-8-6-10-15(18)14-9-5-7-11-16(14)21(26)17(20(23)25-3)13-19(22)24-2/h5-13H,4H2,1-3H3/q+1/b17-13+. The molecule has 0 fully saturated rings. The average molecular weight is 370 g/mol. The number of hydrogen-bond donors (Lipinski definition) is 0. The van der Waals surface area contributed by atoms with Gasteiger partial charge in [0.25, 0.3) is 0 Å². The number of ether oxygens (including phenoxy) is 2. The monoisotopic (exact) mass is 370 g/mol. The lowest BCUT2D eigenvalue weighted by molar-refractivity contribution is -0.138. The Morgan fingerprint density at radius 1 is 1.00 bits per heavy atom. The fourth-order valence-corrected chi connectivity index (χ4v) is 5.19. The molecule has 2 aromatic carbocycles. The number of rotatable bonds is 4. The van der Waals surface area contributed by atoms with Crippen molar-refractivity contribution >= 4 is 28.7 Å². The van der Waals surface area contributed by atoms with Crippen LogP contribution in [0.15, 0.2) is 65.2 Å². The van der Waals surface area contributed by atoms with Gasteiger partial charge in [-0.25, -0.2) is 9.59 Å². The largest absolute Gasteiger partial charge is 0.466 e. The Hall–Kier alpha value is -2.73. The van der Waals surface area contributed by atoms with Crippen LogP contribution in [0.2, 0.25) is 0 Å². The maximum atomic E-state index is 12.5. The molecule has 1 heterocycles. The molecule has 5 nitrogen and oxygen atoms in total. The van der Waals surface area contributed by atoms with Gasteiger partial charge in [-0.3, -0.25) is 0 Å². The second-order valence-corrected chi connectivity index (χ2v) is 7.62. The molecule has 1 aliphatic rings. The van der Waals surface area contributed by atoms with Crippen LogP contribution in [-0.2, 0) is 30.1 Å². The van der Waals surface area contributed by atoms with E-state index in [1.54, 1.807) is 0 Å². The van der Waals surface area contributed by atoms with E-state index < -0.39 is 23.0 Å². The predicted molar refractivity (Wildman–Crippen MR) is 103 cm³/mol. The first kappa shape index (κ1) is 18.1. The molecule has 1 unspecified atom stereocenters. The van der Waals surface area contributed by atoms with Crippen LogP contribution in [-0.4, -0.2) is 31.9 Å². The van der Waals surface area contributed by atoms with Crippen LogP contribution < -0.4 is 4.31 Å². The smallest absolute Gasteiger partial charge is 0.359 e. The van der Waals surface area contributed by atoms with Gasteiger partial charge in [0.05, 0.1) is 26.0 Å². The number of anilines is 1. The van der Waals surface area contributed by atoms with Gasteiger partial charge in [-0.05, 0) is 25.1 Å². The summed E-state index contributed by atoms with van der Waals surface area (Å²) in [6, 6.07) is 16.0. The van der Waals surface area contributed by atoms with Crippen molar-refractivity contribution in [2.24, 2.45) is 0 Å². The van der Waals surface area contributed by atoms with Gasteiger partial charge >= 0.3 is 11.9 Å². The number of methoxy groups -OCH3 is 2. The first-order valence-electron chi connectivity index (χ1n) is 8.19. The number of nitrogens with zero attached hydrogens (tertiary/aromatic N) is 1.